The largest absolute Gasteiger partial charge is 0.481 e. The van der Waals surface area contributed by atoms with Gasteiger partial charge in [-0.2, -0.15) is 0 Å². The Morgan fingerprint density at radius 3 is 1.75 bits per heavy atom. The quantitative estimate of drug-likeness (QED) is 0.389. The van der Waals surface area contributed by atoms with Gasteiger partial charge in [-0.15, -0.1) is 0 Å². The number of carboxylic acid groups (broad SMARTS) is 3. The number of amides is 1. The summed E-state index contributed by atoms with van der Waals surface area (Å²) in [6.07, 6.45) is -0.243. The lowest BCUT2D eigenvalue weighted by Crippen LogP contribution is -2.32. The maximum absolute atomic E-state index is 10.8. The molecule has 0 saturated carbocycles. The Labute approximate surface area is 115 Å². The summed E-state index contributed by atoms with van der Waals surface area (Å²) in [6, 6.07) is -0.937. The molecular formula is C11H20N2O7. The zero-order valence-electron chi connectivity index (χ0n) is 11.2. The highest BCUT2D eigenvalue weighted by atomic mass is 16.4. The summed E-state index contributed by atoms with van der Waals surface area (Å²) in [6.45, 7) is 2.36. The highest BCUT2D eigenvalue weighted by Crippen LogP contribution is 1.94. The topological polar surface area (TPSA) is 167 Å². The van der Waals surface area contributed by atoms with Crippen molar-refractivity contribution < 1.29 is 34.5 Å². The van der Waals surface area contributed by atoms with Gasteiger partial charge in [0.2, 0.25) is 5.91 Å². The van der Waals surface area contributed by atoms with Crippen LogP contribution in [0.15, 0.2) is 0 Å². The summed E-state index contributed by atoms with van der Waals surface area (Å²) in [7, 11) is 0. The SMILES string of the molecule is CCNC(=O)CC[C@H](N)C(=O)O.O=C(O)CCC(=O)O. The van der Waals surface area contributed by atoms with Crippen molar-refractivity contribution in [3.8, 4) is 0 Å². The molecule has 116 valence electrons. The summed E-state index contributed by atoms with van der Waals surface area (Å²) in [5.41, 5.74) is 5.18. The third kappa shape index (κ3) is 15.8. The van der Waals surface area contributed by atoms with E-state index in [9.17, 15) is 19.2 Å². The van der Waals surface area contributed by atoms with E-state index in [0.717, 1.165) is 0 Å². The third-order valence-electron chi connectivity index (χ3n) is 1.93. The summed E-state index contributed by atoms with van der Waals surface area (Å²) >= 11 is 0. The Bertz CT molecular complexity index is 330. The maximum Gasteiger partial charge on any atom is 0.320 e. The minimum absolute atomic E-state index is 0.158. The molecule has 0 aliphatic rings. The van der Waals surface area contributed by atoms with E-state index in [-0.39, 0.29) is 31.6 Å². The van der Waals surface area contributed by atoms with Crippen LogP contribution in [0.4, 0.5) is 0 Å². The minimum Gasteiger partial charge on any atom is -0.481 e. The fourth-order valence-electron chi connectivity index (χ4n) is 0.909. The van der Waals surface area contributed by atoms with Gasteiger partial charge in [-0.3, -0.25) is 19.2 Å². The van der Waals surface area contributed by atoms with Crippen LogP contribution in [-0.4, -0.2) is 51.7 Å². The average Bonchev–Trinajstić information content (AvgIpc) is 2.34. The Kier molecular flexibility index (Phi) is 12.0. The normalized spacial score (nSPS) is 10.7. The highest BCUT2D eigenvalue weighted by Gasteiger charge is 2.12. The molecule has 0 aliphatic heterocycles. The zero-order chi connectivity index (χ0) is 16.1. The molecular weight excluding hydrogens is 272 g/mol. The molecule has 6 N–H and O–H groups in total. The molecule has 0 aromatic carbocycles. The van der Waals surface area contributed by atoms with Gasteiger partial charge in [0.05, 0.1) is 12.8 Å². The smallest absolute Gasteiger partial charge is 0.320 e. The number of nitrogens with one attached hydrogen (secondary N) is 1. The van der Waals surface area contributed by atoms with E-state index in [1.54, 1.807) is 6.92 Å². The van der Waals surface area contributed by atoms with Crippen LogP contribution in [-0.2, 0) is 19.2 Å². The van der Waals surface area contributed by atoms with Crippen LogP contribution in [0.5, 0.6) is 0 Å². The molecule has 1 amide bonds. The fourth-order valence-corrected chi connectivity index (χ4v) is 0.909. The van der Waals surface area contributed by atoms with Crippen LogP contribution in [0.1, 0.15) is 32.6 Å². The van der Waals surface area contributed by atoms with Gasteiger partial charge in [-0.05, 0) is 13.3 Å². The second-order valence-corrected chi connectivity index (χ2v) is 3.72. The van der Waals surface area contributed by atoms with E-state index in [1.165, 1.54) is 0 Å². The lowest BCUT2D eigenvalue weighted by Gasteiger charge is -2.05. The number of hydrogen-bond acceptors (Lipinski definition) is 5. The molecule has 0 rings (SSSR count). The monoisotopic (exact) mass is 292 g/mol. The Hall–Kier alpha value is -2.16. The maximum atomic E-state index is 10.8. The number of nitrogens with two attached hydrogens (primary N) is 1. The number of carboxylic acids is 3. The van der Waals surface area contributed by atoms with Gasteiger partial charge in [0.1, 0.15) is 6.04 Å². The van der Waals surface area contributed by atoms with Crippen LogP contribution >= 0.6 is 0 Å². The van der Waals surface area contributed by atoms with Crippen LogP contribution in [0.3, 0.4) is 0 Å². The van der Waals surface area contributed by atoms with E-state index < -0.39 is 23.9 Å². The van der Waals surface area contributed by atoms with Crippen molar-refractivity contribution in [2.45, 2.75) is 38.6 Å². The second-order valence-electron chi connectivity index (χ2n) is 3.72. The predicted molar refractivity (Wildman–Crippen MR) is 68.0 cm³/mol. The first-order valence-electron chi connectivity index (χ1n) is 5.89. The van der Waals surface area contributed by atoms with Gasteiger partial charge in [0, 0.05) is 13.0 Å². The van der Waals surface area contributed by atoms with Crippen molar-refractivity contribution >= 4 is 23.8 Å². The molecule has 0 aliphatic carbocycles. The Morgan fingerprint density at radius 2 is 1.45 bits per heavy atom. The minimum atomic E-state index is -1.08. The molecule has 9 heteroatoms. The van der Waals surface area contributed by atoms with Crippen LogP contribution in [0, 0.1) is 0 Å². The molecule has 9 nitrogen and oxygen atoms in total. The summed E-state index contributed by atoms with van der Waals surface area (Å²) in [5.74, 6) is -3.38. The summed E-state index contributed by atoms with van der Waals surface area (Å²) < 4.78 is 0. The number of aliphatic carboxylic acids is 3. The molecule has 0 spiro atoms. The number of hydrogen-bond donors (Lipinski definition) is 5. The lowest BCUT2D eigenvalue weighted by atomic mass is 10.1. The first kappa shape index (κ1) is 20.2. The molecule has 0 radical (unpaired) electrons. The first-order valence-corrected chi connectivity index (χ1v) is 5.89. The van der Waals surface area contributed by atoms with Gasteiger partial charge >= 0.3 is 17.9 Å². The Balaban J connectivity index is 0. The van der Waals surface area contributed by atoms with Crippen molar-refractivity contribution in [3.63, 3.8) is 0 Å². The van der Waals surface area contributed by atoms with Crippen molar-refractivity contribution in [1.82, 2.24) is 5.32 Å². The van der Waals surface area contributed by atoms with Gasteiger partial charge in [-0.25, -0.2) is 0 Å². The summed E-state index contributed by atoms with van der Waals surface area (Å²) in [4.78, 5) is 40.3. The van der Waals surface area contributed by atoms with Crippen molar-refractivity contribution in [3.05, 3.63) is 0 Å². The zero-order valence-corrected chi connectivity index (χ0v) is 11.2. The van der Waals surface area contributed by atoms with Crippen molar-refractivity contribution in [1.29, 1.82) is 0 Å². The van der Waals surface area contributed by atoms with E-state index in [2.05, 4.69) is 5.32 Å². The lowest BCUT2D eigenvalue weighted by molar-refractivity contribution is -0.143. The number of rotatable bonds is 8. The van der Waals surface area contributed by atoms with Crippen LogP contribution in [0.2, 0.25) is 0 Å². The molecule has 0 saturated heterocycles. The molecule has 20 heavy (non-hydrogen) atoms. The number of carbonyl (C=O) groups is 4. The molecule has 0 unspecified atom stereocenters. The molecule has 0 aromatic rings. The predicted octanol–water partition coefficient (Wildman–Crippen LogP) is -0.750. The van der Waals surface area contributed by atoms with Gasteiger partial charge in [0.15, 0.2) is 0 Å². The van der Waals surface area contributed by atoms with E-state index in [0.29, 0.717) is 6.54 Å². The average molecular weight is 292 g/mol. The fraction of sp³-hybridized carbons (Fsp3) is 0.636. The number of carbonyl (C=O) groups excluding carboxylic acids is 1. The van der Waals surface area contributed by atoms with Crippen molar-refractivity contribution in [2.75, 3.05) is 6.54 Å². The van der Waals surface area contributed by atoms with E-state index >= 15 is 0 Å². The van der Waals surface area contributed by atoms with Gasteiger partial charge in [-0.1, -0.05) is 0 Å². The second kappa shape index (κ2) is 11.9. The highest BCUT2D eigenvalue weighted by molar-refractivity contribution is 5.78. The van der Waals surface area contributed by atoms with E-state index in [4.69, 9.17) is 21.1 Å². The van der Waals surface area contributed by atoms with Crippen LogP contribution < -0.4 is 11.1 Å². The molecule has 0 bridgehead atoms. The molecule has 0 heterocycles. The van der Waals surface area contributed by atoms with Gasteiger partial charge in [0.25, 0.3) is 0 Å². The first-order chi connectivity index (χ1) is 9.20. The Morgan fingerprint density at radius 1 is 1.00 bits per heavy atom. The van der Waals surface area contributed by atoms with Gasteiger partial charge < -0.3 is 26.4 Å². The van der Waals surface area contributed by atoms with Crippen molar-refractivity contribution in [2.24, 2.45) is 5.73 Å². The standard InChI is InChI=1S/C7H14N2O3.C4H6O4/c1-2-9-6(10)4-3-5(8)7(11)12;5-3(6)1-2-4(7)8/h5H,2-4,8H2,1H3,(H,9,10)(H,11,12);1-2H2,(H,5,6)(H,7,8)/t5-;/m0./s1. The molecule has 0 fully saturated rings. The molecule has 1 atom stereocenters. The van der Waals surface area contributed by atoms with E-state index in [1.807, 2.05) is 0 Å². The summed E-state index contributed by atoms with van der Waals surface area (Å²) in [5, 5.41) is 26.7. The third-order valence-corrected chi connectivity index (χ3v) is 1.93. The molecule has 0 aromatic heterocycles. The van der Waals surface area contributed by atoms with Crippen LogP contribution in [0.25, 0.3) is 0 Å².